The quantitative estimate of drug-likeness (QED) is 0.468. The van der Waals surface area contributed by atoms with Crippen LogP contribution in [-0.4, -0.2) is 19.6 Å². The van der Waals surface area contributed by atoms with Gasteiger partial charge in [0.2, 0.25) is 0 Å². The maximum atomic E-state index is 12.2. The van der Waals surface area contributed by atoms with Crippen molar-refractivity contribution in [3.8, 4) is 0 Å². The topological polar surface area (TPSA) is 48.3 Å². The molecule has 0 unspecified atom stereocenters. The molecule has 2 aromatic carbocycles. The maximum absolute atomic E-state index is 12.2. The van der Waals surface area contributed by atoms with E-state index in [0.29, 0.717) is 6.42 Å². The molecule has 0 aliphatic carbocycles. The molecule has 0 saturated carbocycles. The predicted octanol–water partition coefficient (Wildman–Crippen LogP) is 4.31. The first-order valence-corrected chi connectivity index (χ1v) is 9.95. The van der Waals surface area contributed by atoms with E-state index in [1.807, 2.05) is 19.1 Å². The number of aryl methyl sites for hydroxylation is 3. The van der Waals surface area contributed by atoms with Crippen molar-refractivity contribution in [1.29, 1.82) is 0 Å². The van der Waals surface area contributed by atoms with Crippen molar-refractivity contribution in [3.63, 3.8) is 0 Å². The van der Waals surface area contributed by atoms with Crippen LogP contribution in [0.15, 0.2) is 59.6 Å². The lowest BCUT2D eigenvalue weighted by molar-refractivity contribution is 0.312. The Morgan fingerprint density at radius 1 is 1.04 bits per heavy atom. The number of hydrogen-bond donors (Lipinski definition) is 0. The van der Waals surface area contributed by atoms with Gasteiger partial charge in [-0.15, -0.1) is 0 Å². The average molecular weight is 357 g/mol. The van der Waals surface area contributed by atoms with Gasteiger partial charge in [0.25, 0.3) is 10.1 Å². The van der Waals surface area contributed by atoms with Crippen LogP contribution in [0.25, 0.3) is 10.9 Å². The van der Waals surface area contributed by atoms with Crippen LogP contribution in [0.5, 0.6) is 0 Å². The van der Waals surface area contributed by atoms with E-state index in [4.69, 9.17) is 4.18 Å². The van der Waals surface area contributed by atoms with Crippen molar-refractivity contribution in [2.75, 3.05) is 6.61 Å². The summed E-state index contributed by atoms with van der Waals surface area (Å²) in [5.41, 5.74) is 3.47. The molecule has 0 spiro atoms. The minimum atomic E-state index is -3.68. The van der Waals surface area contributed by atoms with Gasteiger partial charge in [-0.1, -0.05) is 35.9 Å². The third kappa shape index (κ3) is 3.94. The van der Waals surface area contributed by atoms with Crippen LogP contribution in [0.1, 0.15) is 24.5 Å². The van der Waals surface area contributed by atoms with Gasteiger partial charge in [0, 0.05) is 23.6 Å². The second kappa shape index (κ2) is 7.42. The Bertz CT molecular complexity index is 956. The molecule has 0 radical (unpaired) electrons. The zero-order valence-electron chi connectivity index (χ0n) is 14.6. The van der Waals surface area contributed by atoms with Gasteiger partial charge < -0.3 is 4.57 Å². The molecule has 0 amide bonds. The third-order valence-corrected chi connectivity index (χ3v) is 5.68. The SMILES string of the molecule is CCn1cc(CCCOS(=O)(=O)c2ccc(C)cc2)c2ccccc21. The molecule has 0 atom stereocenters. The zero-order valence-corrected chi connectivity index (χ0v) is 15.4. The molecule has 4 nitrogen and oxygen atoms in total. The highest BCUT2D eigenvalue weighted by molar-refractivity contribution is 7.86. The molecular formula is C20H23NO3S. The Morgan fingerprint density at radius 3 is 2.48 bits per heavy atom. The molecule has 25 heavy (non-hydrogen) atoms. The number of rotatable bonds is 7. The van der Waals surface area contributed by atoms with Crippen molar-refractivity contribution in [1.82, 2.24) is 4.57 Å². The highest BCUT2D eigenvalue weighted by Gasteiger charge is 2.15. The van der Waals surface area contributed by atoms with E-state index < -0.39 is 10.1 Å². The van der Waals surface area contributed by atoms with Gasteiger partial charge in [0.1, 0.15) is 0 Å². The minimum Gasteiger partial charge on any atom is -0.347 e. The van der Waals surface area contributed by atoms with Crippen molar-refractivity contribution < 1.29 is 12.6 Å². The Hall–Kier alpha value is -2.11. The molecule has 0 aliphatic rings. The zero-order chi connectivity index (χ0) is 17.9. The summed E-state index contributed by atoms with van der Waals surface area (Å²) >= 11 is 0. The fraction of sp³-hybridized carbons (Fsp3) is 0.300. The predicted molar refractivity (Wildman–Crippen MR) is 100 cm³/mol. The number of nitrogens with zero attached hydrogens (tertiary/aromatic N) is 1. The van der Waals surface area contributed by atoms with Crippen LogP contribution < -0.4 is 0 Å². The van der Waals surface area contributed by atoms with Crippen molar-refractivity contribution in [3.05, 3.63) is 65.9 Å². The normalized spacial score (nSPS) is 11.9. The number of aromatic nitrogens is 1. The molecule has 0 aliphatic heterocycles. The molecule has 0 fully saturated rings. The van der Waals surface area contributed by atoms with Crippen LogP contribution in [0.2, 0.25) is 0 Å². The van der Waals surface area contributed by atoms with E-state index in [9.17, 15) is 8.42 Å². The van der Waals surface area contributed by atoms with Crippen molar-refractivity contribution in [2.45, 2.75) is 38.1 Å². The summed E-state index contributed by atoms with van der Waals surface area (Å²) in [5, 5.41) is 1.23. The van der Waals surface area contributed by atoms with Gasteiger partial charge in [-0.2, -0.15) is 8.42 Å². The van der Waals surface area contributed by atoms with Crippen molar-refractivity contribution >= 4 is 21.0 Å². The lowest BCUT2D eigenvalue weighted by atomic mass is 10.1. The van der Waals surface area contributed by atoms with E-state index in [1.54, 1.807) is 24.3 Å². The van der Waals surface area contributed by atoms with Crippen molar-refractivity contribution in [2.24, 2.45) is 0 Å². The van der Waals surface area contributed by atoms with E-state index in [-0.39, 0.29) is 11.5 Å². The molecule has 0 bridgehead atoms. The number of fused-ring (bicyclic) bond motifs is 1. The van der Waals surface area contributed by atoms with E-state index in [0.717, 1.165) is 18.5 Å². The van der Waals surface area contributed by atoms with Crippen LogP contribution in [0, 0.1) is 6.92 Å². The largest absolute Gasteiger partial charge is 0.347 e. The first kappa shape index (κ1) is 17.7. The molecule has 0 saturated heterocycles. The van der Waals surface area contributed by atoms with Crippen LogP contribution in [0.3, 0.4) is 0 Å². The molecule has 132 valence electrons. The van der Waals surface area contributed by atoms with Gasteiger partial charge in [0.05, 0.1) is 11.5 Å². The smallest absolute Gasteiger partial charge is 0.296 e. The Kier molecular flexibility index (Phi) is 5.25. The Balaban J connectivity index is 1.63. The highest BCUT2D eigenvalue weighted by Crippen LogP contribution is 2.23. The summed E-state index contributed by atoms with van der Waals surface area (Å²) in [7, 11) is -3.68. The number of hydrogen-bond acceptors (Lipinski definition) is 3. The summed E-state index contributed by atoms with van der Waals surface area (Å²) < 4.78 is 31.8. The van der Waals surface area contributed by atoms with Crippen LogP contribution in [0.4, 0.5) is 0 Å². The molecule has 3 aromatic rings. The van der Waals surface area contributed by atoms with Crippen LogP contribution in [-0.2, 0) is 27.3 Å². The maximum Gasteiger partial charge on any atom is 0.296 e. The molecule has 1 heterocycles. The summed E-state index contributed by atoms with van der Waals surface area (Å²) in [6.45, 7) is 5.14. The van der Waals surface area contributed by atoms with Gasteiger partial charge >= 0.3 is 0 Å². The Labute approximate surface area is 149 Å². The second-order valence-corrected chi connectivity index (χ2v) is 7.77. The monoisotopic (exact) mass is 357 g/mol. The number of benzene rings is 2. The standard InChI is InChI=1S/C20H23NO3S/c1-3-21-15-17(19-8-4-5-9-20(19)21)7-6-14-24-25(22,23)18-12-10-16(2)11-13-18/h4-5,8-13,15H,3,6-7,14H2,1-2H3. The lowest BCUT2D eigenvalue weighted by Gasteiger charge is -2.06. The molecule has 3 rings (SSSR count). The molecular weight excluding hydrogens is 334 g/mol. The summed E-state index contributed by atoms with van der Waals surface area (Å²) in [6, 6.07) is 15.0. The van der Waals surface area contributed by atoms with Gasteiger partial charge in [-0.3, -0.25) is 4.18 Å². The lowest BCUT2D eigenvalue weighted by Crippen LogP contribution is -2.08. The first-order valence-electron chi connectivity index (χ1n) is 8.54. The van der Waals surface area contributed by atoms with Gasteiger partial charge in [0.15, 0.2) is 0 Å². The molecule has 5 heteroatoms. The van der Waals surface area contributed by atoms with E-state index in [2.05, 4.69) is 29.8 Å². The van der Waals surface area contributed by atoms with Gasteiger partial charge in [-0.05, 0) is 50.5 Å². The first-order chi connectivity index (χ1) is 12.0. The van der Waals surface area contributed by atoms with E-state index >= 15 is 0 Å². The number of para-hydroxylation sites is 1. The fourth-order valence-corrected chi connectivity index (χ4v) is 3.93. The summed E-state index contributed by atoms with van der Waals surface area (Å²) in [4.78, 5) is 0.209. The Morgan fingerprint density at radius 2 is 1.76 bits per heavy atom. The third-order valence-electron chi connectivity index (χ3n) is 4.35. The van der Waals surface area contributed by atoms with Crippen LogP contribution >= 0.6 is 0 Å². The minimum absolute atomic E-state index is 0.182. The highest BCUT2D eigenvalue weighted by atomic mass is 32.2. The summed E-state index contributed by atoms with van der Waals surface area (Å²) in [6.07, 6.45) is 3.60. The fourth-order valence-electron chi connectivity index (χ4n) is 2.99. The summed E-state index contributed by atoms with van der Waals surface area (Å²) in [5.74, 6) is 0. The second-order valence-electron chi connectivity index (χ2n) is 6.15. The van der Waals surface area contributed by atoms with Gasteiger partial charge in [-0.25, -0.2) is 0 Å². The molecule has 1 aromatic heterocycles. The average Bonchev–Trinajstić information content (AvgIpc) is 2.97. The molecule has 0 N–H and O–H groups in total. The van der Waals surface area contributed by atoms with E-state index in [1.165, 1.54) is 16.5 Å².